The van der Waals surface area contributed by atoms with E-state index in [0.717, 1.165) is 40.8 Å². The molecule has 3 rings (SSSR count). The second-order valence-corrected chi connectivity index (χ2v) is 5.13. The Hall–Kier alpha value is -0.740. The van der Waals surface area contributed by atoms with Crippen LogP contribution in [0.25, 0.3) is 0 Å². The molecule has 2 N–H and O–H groups in total. The van der Waals surface area contributed by atoms with Gasteiger partial charge in [-0.05, 0) is 30.9 Å². The van der Waals surface area contributed by atoms with Gasteiger partial charge in [-0.1, -0.05) is 15.9 Å². The lowest BCUT2D eigenvalue weighted by molar-refractivity contribution is 0.168. The third-order valence-electron chi connectivity index (χ3n) is 3.24. The van der Waals surface area contributed by atoms with Crippen molar-refractivity contribution in [3.63, 3.8) is 0 Å². The Kier molecular flexibility index (Phi) is 2.56. The molecule has 1 aromatic rings. The molecule has 0 saturated heterocycles. The summed E-state index contributed by atoms with van der Waals surface area (Å²) in [4.78, 5) is 0. The topological polar surface area (TPSA) is 44.5 Å². The van der Waals surface area contributed by atoms with E-state index in [1.54, 1.807) is 0 Å². The van der Waals surface area contributed by atoms with Gasteiger partial charge in [-0.15, -0.1) is 0 Å². The van der Waals surface area contributed by atoms with Gasteiger partial charge in [-0.3, -0.25) is 0 Å². The molecule has 0 radical (unpaired) electrons. The molecule has 1 aliphatic heterocycles. The minimum atomic E-state index is 0.0803. The van der Waals surface area contributed by atoms with Crippen molar-refractivity contribution >= 4 is 15.9 Å². The van der Waals surface area contributed by atoms with Crippen molar-refractivity contribution in [2.45, 2.75) is 25.3 Å². The number of rotatable bonds is 0. The largest absolute Gasteiger partial charge is 0.486 e. The fourth-order valence-corrected chi connectivity index (χ4v) is 3.13. The highest BCUT2D eigenvalue weighted by Gasteiger charge is 2.28. The number of fused-ring (bicyclic) bond motifs is 3. The summed E-state index contributed by atoms with van der Waals surface area (Å²) in [6.45, 7) is 1.24. The number of benzene rings is 1. The van der Waals surface area contributed by atoms with Crippen LogP contribution in [0, 0.1) is 0 Å². The highest BCUT2D eigenvalue weighted by molar-refractivity contribution is 9.10. The molecule has 0 saturated carbocycles. The maximum absolute atomic E-state index is 6.18. The lowest BCUT2D eigenvalue weighted by atomic mass is 9.87. The molecule has 0 fully saturated rings. The molecule has 2 aliphatic rings. The molecule has 0 aromatic heterocycles. The van der Waals surface area contributed by atoms with E-state index in [4.69, 9.17) is 15.2 Å². The summed E-state index contributed by atoms with van der Waals surface area (Å²) in [5, 5.41) is 0. The van der Waals surface area contributed by atoms with Crippen LogP contribution >= 0.6 is 15.9 Å². The van der Waals surface area contributed by atoms with Crippen molar-refractivity contribution in [3.05, 3.63) is 21.7 Å². The summed E-state index contributed by atoms with van der Waals surface area (Å²) >= 11 is 3.60. The predicted molar refractivity (Wildman–Crippen MR) is 65.0 cm³/mol. The molecule has 1 aliphatic carbocycles. The highest BCUT2D eigenvalue weighted by Crippen LogP contribution is 2.45. The molecule has 0 amide bonds. The lowest BCUT2D eigenvalue weighted by Gasteiger charge is -2.29. The molecule has 1 unspecified atom stereocenters. The Bertz CT molecular complexity index is 434. The quantitative estimate of drug-likeness (QED) is 0.796. The maximum Gasteiger partial charge on any atom is 0.166 e. The van der Waals surface area contributed by atoms with Gasteiger partial charge in [0.25, 0.3) is 0 Å². The highest BCUT2D eigenvalue weighted by atomic mass is 79.9. The SMILES string of the molecule is NC1CCCc2c(Br)cc3c(c21)OCCO3. The van der Waals surface area contributed by atoms with Crippen LogP contribution in [0.1, 0.15) is 30.0 Å². The molecule has 1 aromatic carbocycles. The molecule has 1 heterocycles. The van der Waals surface area contributed by atoms with Gasteiger partial charge in [0.15, 0.2) is 11.5 Å². The van der Waals surface area contributed by atoms with Crippen LogP contribution in [-0.4, -0.2) is 13.2 Å². The van der Waals surface area contributed by atoms with Crippen molar-refractivity contribution in [2.75, 3.05) is 13.2 Å². The zero-order chi connectivity index (χ0) is 11.1. The Morgan fingerprint density at radius 1 is 1.31 bits per heavy atom. The van der Waals surface area contributed by atoms with Crippen molar-refractivity contribution in [2.24, 2.45) is 5.73 Å². The van der Waals surface area contributed by atoms with E-state index in [2.05, 4.69) is 15.9 Å². The van der Waals surface area contributed by atoms with E-state index in [0.29, 0.717) is 13.2 Å². The molecule has 0 spiro atoms. The first-order valence-corrected chi connectivity index (χ1v) is 6.43. The number of halogens is 1. The summed E-state index contributed by atoms with van der Waals surface area (Å²) in [6.07, 6.45) is 3.24. The van der Waals surface area contributed by atoms with E-state index in [9.17, 15) is 0 Å². The van der Waals surface area contributed by atoms with Crippen LogP contribution in [0.3, 0.4) is 0 Å². The van der Waals surface area contributed by atoms with Crippen molar-refractivity contribution in [1.29, 1.82) is 0 Å². The average molecular weight is 284 g/mol. The second-order valence-electron chi connectivity index (χ2n) is 4.27. The monoisotopic (exact) mass is 283 g/mol. The minimum absolute atomic E-state index is 0.0803. The Morgan fingerprint density at radius 3 is 3.00 bits per heavy atom. The Labute approximate surface area is 103 Å². The summed E-state index contributed by atoms with van der Waals surface area (Å²) < 4.78 is 12.4. The summed E-state index contributed by atoms with van der Waals surface area (Å²) in [6, 6.07) is 2.09. The number of hydrogen-bond donors (Lipinski definition) is 1. The standard InChI is InChI=1S/C12H14BrNO2/c13-8-6-10-12(16-5-4-15-10)11-7(8)2-1-3-9(11)14/h6,9H,1-5,14H2. The zero-order valence-corrected chi connectivity index (χ0v) is 10.5. The number of nitrogens with two attached hydrogens (primary N) is 1. The molecule has 1 atom stereocenters. The summed E-state index contributed by atoms with van der Waals surface area (Å²) in [5.41, 5.74) is 8.63. The normalized spacial score (nSPS) is 22.8. The van der Waals surface area contributed by atoms with Crippen LogP contribution in [-0.2, 0) is 6.42 Å². The molecule has 3 nitrogen and oxygen atoms in total. The lowest BCUT2D eigenvalue weighted by Crippen LogP contribution is -2.23. The van der Waals surface area contributed by atoms with Crippen LogP contribution in [0.4, 0.5) is 0 Å². The number of ether oxygens (including phenoxy) is 2. The van der Waals surface area contributed by atoms with Crippen LogP contribution in [0.2, 0.25) is 0 Å². The number of hydrogen-bond acceptors (Lipinski definition) is 3. The third kappa shape index (κ3) is 1.52. The van der Waals surface area contributed by atoms with Crippen LogP contribution in [0.5, 0.6) is 11.5 Å². The van der Waals surface area contributed by atoms with Gasteiger partial charge in [0.05, 0.1) is 0 Å². The zero-order valence-electron chi connectivity index (χ0n) is 8.96. The van der Waals surface area contributed by atoms with Crippen molar-refractivity contribution in [1.82, 2.24) is 0 Å². The fraction of sp³-hybridized carbons (Fsp3) is 0.500. The molecular formula is C12H14BrNO2. The van der Waals surface area contributed by atoms with Gasteiger partial charge >= 0.3 is 0 Å². The summed E-state index contributed by atoms with van der Waals surface area (Å²) in [7, 11) is 0. The van der Waals surface area contributed by atoms with E-state index < -0.39 is 0 Å². The first-order valence-electron chi connectivity index (χ1n) is 5.64. The Balaban J connectivity index is 2.21. The van der Waals surface area contributed by atoms with Gasteiger partial charge in [-0.2, -0.15) is 0 Å². The van der Waals surface area contributed by atoms with Gasteiger partial charge in [0.2, 0.25) is 0 Å². The van der Waals surface area contributed by atoms with Gasteiger partial charge in [0.1, 0.15) is 13.2 Å². The van der Waals surface area contributed by atoms with Gasteiger partial charge in [-0.25, -0.2) is 0 Å². The van der Waals surface area contributed by atoms with Crippen molar-refractivity contribution < 1.29 is 9.47 Å². The van der Waals surface area contributed by atoms with E-state index in [1.807, 2.05) is 6.07 Å². The Morgan fingerprint density at radius 2 is 2.12 bits per heavy atom. The van der Waals surface area contributed by atoms with Gasteiger partial charge in [0, 0.05) is 16.1 Å². The van der Waals surface area contributed by atoms with E-state index in [1.165, 1.54) is 5.56 Å². The minimum Gasteiger partial charge on any atom is -0.486 e. The molecular weight excluding hydrogens is 270 g/mol. The predicted octanol–water partition coefficient (Wildman–Crippen LogP) is 2.56. The first kappa shape index (κ1) is 10.4. The molecule has 0 bridgehead atoms. The first-order chi connectivity index (χ1) is 7.77. The average Bonchev–Trinajstić information content (AvgIpc) is 2.30. The molecule has 16 heavy (non-hydrogen) atoms. The fourth-order valence-electron chi connectivity index (χ4n) is 2.51. The smallest absolute Gasteiger partial charge is 0.166 e. The van der Waals surface area contributed by atoms with E-state index >= 15 is 0 Å². The second kappa shape index (κ2) is 3.93. The van der Waals surface area contributed by atoms with Gasteiger partial charge < -0.3 is 15.2 Å². The van der Waals surface area contributed by atoms with Crippen molar-refractivity contribution in [3.8, 4) is 11.5 Å². The summed E-state index contributed by atoms with van der Waals surface area (Å²) in [5.74, 6) is 1.70. The third-order valence-corrected chi connectivity index (χ3v) is 3.95. The maximum atomic E-state index is 6.18. The molecule has 86 valence electrons. The van der Waals surface area contributed by atoms with Crippen LogP contribution < -0.4 is 15.2 Å². The van der Waals surface area contributed by atoms with E-state index in [-0.39, 0.29) is 6.04 Å². The molecule has 4 heteroatoms. The van der Waals surface area contributed by atoms with Crippen LogP contribution in [0.15, 0.2) is 10.5 Å².